The zero-order chi connectivity index (χ0) is 20.5. The predicted octanol–water partition coefficient (Wildman–Crippen LogP) is -5.93. The van der Waals surface area contributed by atoms with Crippen LogP contribution in [0, 0.1) is 0 Å². The standard InChI is InChI=1S/C14H25NO12/c1-4(18)15-14(24)10(22)12(23)25-6(3-17)11(14)27-13-9(21)8(20)7(19)5(2-16)26-13/h5-13,16-17,19-24H,2-3H2,1H3,(H,15,18)/t5-,6-,7+,8+,9-,10+,11-,12?,13+,14-/m1/s1. The lowest BCUT2D eigenvalue weighted by Crippen LogP contribution is -2.75. The summed E-state index contributed by atoms with van der Waals surface area (Å²) in [4.78, 5) is 11.5. The largest absolute Gasteiger partial charge is 0.394 e. The Labute approximate surface area is 153 Å². The van der Waals surface area contributed by atoms with E-state index in [1.807, 2.05) is 5.32 Å². The van der Waals surface area contributed by atoms with Crippen LogP contribution >= 0.6 is 0 Å². The summed E-state index contributed by atoms with van der Waals surface area (Å²) in [5, 5.41) is 80.9. The molecular weight excluding hydrogens is 374 g/mol. The summed E-state index contributed by atoms with van der Waals surface area (Å²) < 4.78 is 15.4. The third kappa shape index (κ3) is 4.23. The molecule has 2 saturated heterocycles. The van der Waals surface area contributed by atoms with Crippen LogP contribution in [0.4, 0.5) is 0 Å². The van der Waals surface area contributed by atoms with Crippen LogP contribution in [0.25, 0.3) is 0 Å². The van der Waals surface area contributed by atoms with Crippen molar-refractivity contribution in [3.05, 3.63) is 0 Å². The van der Waals surface area contributed by atoms with Crippen LogP contribution < -0.4 is 5.32 Å². The van der Waals surface area contributed by atoms with Gasteiger partial charge in [0, 0.05) is 6.92 Å². The van der Waals surface area contributed by atoms with E-state index in [4.69, 9.17) is 14.2 Å². The Morgan fingerprint density at radius 1 is 1.00 bits per heavy atom. The highest BCUT2D eigenvalue weighted by Gasteiger charge is 2.58. The number of aliphatic hydroxyl groups excluding tert-OH is 7. The molecule has 0 spiro atoms. The summed E-state index contributed by atoms with van der Waals surface area (Å²) in [5.74, 6) is -0.829. The van der Waals surface area contributed by atoms with E-state index in [-0.39, 0.29) is 0 Å². The van der Waals surface area contributed by atoms with Gasteiger partial charge in [-0.3, -0.25) is 4.79 Å². The Kier molecular flexibility index (Phi) is 7.10. The van der Waals surface area contributed by atoms with Gasteiger partial charge >= 0.3 is 0 Å². The SMILES string of the molecule is CC(=O)N[C@]1(O)[C@H](O[C@@H]2O[C@H](CO)[C@H](O)[C@H](O)[C@H]2O)[C@@H](CO)OC(O)[C@@H]1O. The van der Waals surface area contributed by atoms with Crippen molar-refractivity contribution in [3.8, 4) is 0 Å². The van der Waals surface area contributed by atoms with E-state index in [0.29, 0.717) is 0 Å². The molecule has 13 nitrogen and oxygen atoms in total. The van der Waals surface area contributed by atoms with Gasteiger partial charge in [-0.2, -0.15) is 0 Å². The van der Waals surface area contributed by atoms with Gasteiger partial charge in [-0.05, 0) is 0 Å². The zero-order valence-corrected chi connectivity index (χ0v) is 14.3. The fraction of sp³-hybridized carbons (Fsp3) is 0.929. The molecular formula is C14H25NO12. The summed E-state index contributed by atoms with van der Waals surface area (Å²) >= 11 is 0. The minimum atomic E-state index is -2.67. The molecule has 0 bridgehead atoms. The number of aliphatic hydroxyl groups is 8. The van der Waals surface area contributed by atoms with Gasteiger partial charge in [0.1, 0.15) is 36.6 Å². The van der Waals surface area contributed by atoms with Crippen molar-refractivity contribution >= 4 is 5.91 Å². The van der Waals surface area contributed by atoms with Crippen LogP contribution in [0.3, 0.4) is 0 Å². The number of hydrogen-bond acceptors (Lipinski definition) is 12. The number of nitrogens with one attached hydrogen (secondary N) is 1. The Balaban J connectivity index is 2.31. The third-order valence-corrected chi connectivity index (χ3v) is 4.49. The molecule has 1 unspecified atom stereocenters. The molecule has 2 rings (SSSR count). The Morgan fingerprint density at radius 2 is 1.59 bits per heavy atom. The van der Waals surface area contributed by atoms with Crippen molar-refractivity contribution < 1.29 is 59.9 Å². The number of amides is 1. The highest BCUT2D eigenvalue weighted by molar-refractivity contribution is 5.73. The van der Waals surface area contributed by atoms with E-state index < -0.39 is 80.2 Å². The number of rotatable bonds is 5. The number of carbonyl (C=O) groups excluding carboxylic acids is 1. The van der Waals surface area contributed by atoms with Crippen LogP contribution in [-0.2, 0) is 19.0 Å². The van der Waals surface area contributed by atoms with Crippen molar-refractivity contribution in [1.82, 2.24) is 5.32 Å². The summed E-state index contributed by atoms with van der Waals surface area (Å²) in [7, 11) is 0. The molecule has 1 amide bonds. The lowest BCUT2D eigenvalue weighted by Gasteiger charge is -2.50. The molecule has 2 heterocycles. The van der Waals surface area contributed by atoms with E-state index in [1.54, 1.807) is 0 Å². The quantitative estimate of drug-likeness (QED) is 0.197. The number of ether oxygens (including phenoxy) is 3. The maximum atomic E-state index is 11.5. The van der Waals surface area contributed by atoms with Crippen molar-refractivity contribution in [2.45, 2.75) is 68.0 Å². The minimum absolute atomic E-state index is 0.743. The summed E-state index contributed by atoms with van der Waals surface area (Å²) in [6.45, 7) is -0.578. The van der Waals surface area contributed by atoms with Crippen LogP contribution in [-0.4, -0.2) is 121 Å². The van der Waals surface area contributed by atoms with Gasteiger partial charge in [0.15, 0.2) is 24.4 Å². The average molecular weight is 399 g/mol. The molecule has 158 valence electrons. The van der Waals surface area contributed by atoms with Crippen LogP contribution in [0.15, 0.2) is 0 Å². The van der Waals surface area contributed by atoms with Gasteiger partial charge < -0.3 is 60.4 Å². The average Bonchev–Trinajstić information content (AvgIpc) is 2.61. The fourth-order valence-corrected chi connectivity index (χ4v) is 3.08. The Bertz CT molecular complexity index is 520. The van der Waals surface area contributed by atoms with Gasteiger partial charge in [-0.25, -0.2) is 0 Å². The smallest absolute Gasteiger partial charge is 0.219 e. The van der Waals surface area contributed by atoms with E-state index in [1.165, 1.54) is 0 Å². The maximum Gasteiger partial charge on any atom is 0.219 e. The van der Waals surface area contributed by atoms with Gasteiger partial charge in [0.25, 0.3) is 0 Å². The first kappa shape index (κ1) is 22.3. The Hall–Kier alpha value is -0.970. The molecule has 27 heavy (non-hydrogen) atoms. The van der Waals surface area contributed by atoms with Gasteiger partial charge in [0.05, 0.1) is 13.2 Å². The first-order valence-corrected chi connectivity index (χ1v) is 8.16. The fourth-order valence-electron chi connectivity index (χ4n) is 3.08. The summed E-state index contributed by atoms with van der Waals surface area (Å²) in [6.07, 6.45) is -15.8. The summed E-state index contributed by atoms with van der Waals surface area (Å²) in [6, 6.07) is 0. The number of carbonyl (C=O) groups is 1. The Morgan fingerprint density at radius 3 is 2.11 bits per heavy atom. The van der Waals surface area contributed by atoms with Crippen molar-refractivity contribution in [3.63, 3.8) is 0 Å². The molecule has 10 atom stereocenters. The second-order valence-electron chi connectivity index (χ2n) is 6.45. The molecule has 0 radical (unpaired) electrons. The molecule has 2 aliphatic heterocycles. The maximum absolute atomic E-state index is 11.5. The first-order valence-electron chi connectivity index (χ1n) is 8.16. The van der Waals surface area contributed by atoms with Gasteiger partial charge in [-0.1, -0.05) is 0 Å². The van der Waals surface area contributed by atoms with E-state index in [0.717, 1.165) is 6.92 Å². The molecule has 13 heteroatoms. The summed E-state index contributed by atoms with van der Waals surface area (Å²) in [5.41, 5.74) is -2.67. The van der Waals surface area contributed by atoms with E-state index in [2.05, 4.69) is 0 Å². The monoisotopic (exact) mass is 399 g/mol. The molecule has 0 aromatic carbocycles. The lowest BCUT2D eigenvalue weighted by atomic mass is 9.91. The van der Waals surface area contributed by atoms with E-state index in [9.17, 15) is 45.6 Å². The van der Waals surface area contributed by atoms with Crippen LogP contribution in [0.1, 0.15) is 6.92 Å². The highest BCUT2D eigenvalue weighted by atomic mass is 16.7. The first-order chi connectivity index (χ1) is 12.6. The molecule has 0 aromatic heterocycles. The van der Waals surface area contributed by atoms with Crippen LogP contribution in [0.5, 0.6) is 0 Å². The number of hydrogen-bond donors (Lipinski definition) is 9. The molecule has 2 aliphatic rings. The molecule has 0 aliphatic carbocycles. The van der Waals surface area contributed by atoms with Crippen molar-refractivity contribution in [2.24, 2.45) is 0 Å². The predicted molar refractivity (Wildman–Crippen MR) is 81.4 cm³/mol. The molecule has 9 N–H and O–H groups in total. The zero-order valence-electron chi connectivity index (χ0n) is 14.3. The lowest BCUT2D eigenvalue weighted by molar-refractivity contribution is -0.379. The molecule has 2 fully saturated rings. The minimum Gasteiger partial charge on any atom is -0.394 e. The van der Waals surface area contributed by atoms with Gasteiger partial charge in [0.2, 0.25) is 5.91 Å². The second kappa shape index (κ2) is 8.59. The highest BCUT2D eigenvalue weighted by Crippen LogP contribution is 2.33. The molecule has 0 aromatic rings. The van der Waals surface area contributed by atoms with Crippen molar-refractivity contribution in [2.75, 3.05) is 13.2 Å². The van der Waals surface area contributed by atoms with Gasteiger partial charge in [-0.15, -0.1) is 0 Å². The van der Waals surface area contributed by atoms with Crippen molar-refractivity contribution in [1.29, 1.82) is 0 Å². The second-order valence-corrected chi connectivity index (χ2v) is 6.45. The third-order valence-electron chi connectivity index (χ3n) is 4.49. The normalized spacial score (nSPS) is 48.3. The molecule has 0 saturated carbocycles. The van der Waals surface area contributed by atoms with E-state index >= 15 is 0 Å². The topological polar surface area (TPSA) is 219 Å². The van der Waals surface area contributed by atoms with Crippen LogP contribution in [0.2, 0.25) is 0 Å².